The molecule has 1 heterocycles. The van der Waals surface area contributed by atoms with Crippen molar-refractivity contribution in [2.24, 2.45) is 0 Å². The van der Waals surface area contributed by atoms with E-state index in [1.165, 1.54) is 12.1 Å². The molecular weight excluding hydrogens is 290 g/mol. The SMILES string of the molecule is CCS(=O)(=O)c1ccc([C@@H]2COSN2C(=O)O)cc1. The zero-order valence-electron chi connectivity index (χ0n) is 10.1. The lowest BCUT2D eigenvalue weighted by Gasteiger charge is -2.17. The number of carboxylic acid groups (broad SMARTS) is 1. The molecule has 0 spiro atoms. The third-order valence-electron chi connectivity index (χ3n) is 2.83. The number of rotatable bonds is 3. The topological polar surface area (TPSA) is 83.9 Å². The van der Waals surface area contributed by atoms with E-state index in [1.807, 2.05) is 0 Å². The lowest BCUT2D eigenvalue weighted by atomic mass is 10.1. The molecule has 19 heavy (non-hydrogen) atoms. The number of benzene rings is 1. The Bertz CT molecular complexity index is 569. The fraction of sp³-hybridized carbons (Fsp3) is 0.364. The van der Waals surface area contributed by atoms with Gasteiger partial charge in [-0.25, -0.2) is 17.5 Å². The summed E-state index contributed by atoms with van der Waals surface area (Å²) in [5, 5.41) is 9.00. The highest BCUT2D eigenvalue weighted by Crippen LogP contribution is 2.35. The van der Waals surface area contributed by atoms with Crippen molar-refractivity contribution in [1.82, 2.24) is 4.31 Å². The average molecular weight is 303 g/mol. The molecule has 0 aromatic heterocycles. The van der Waals surface area contributed by atoms with Crippen LogP contribution in [-0.2, 0) is 14.0 Å². The van der Waals surface area contributed by atoms with Crippen LogP contribution in [0.5, 0.6) is 0 Å². The van der Waals surface area contributed by atoms with Gasteiger partial charge in [-0.3, -0.25) is 4.18 Å². The molecule has 0 radical (unpaired) electrons. The minimum atomic E-state index is -3.23. The van der Waals surface area contributed by atoms with E-state index in [0.717, 1.165) is 16.5 Å². The number of amides is 1. The van der Waals surface area contributed by atoms with Crippen molar-refractivity contribution in [3.8, 4) is 0 Å². The second-order valence-corrected chi connectivity index (χ2v) is 7.01. The summed E-state index contributed by atoms with van der Waals surface area (Å²) < 4.78 is 29.5. The van der Waals surface area contributed by atoms with E-state index in [1.54, 1.807) is 19.1 Å². The van der Waals surface area contributed by atoms with Crippen LogP contribution >= 0.6 is 12.2 Å². The van der Waals surface area contributed by atoms with E-state index in [4.69, 9.17) is 9.29 Å². The summed E-state index contributed by atoms with van der Waals surface area (Å²) in [6.07, 6.45) is -1.09. The van der Waals surface area contributed by atoms with E-state index >= 15 is 0 Å². The van der Waals surface area contributed by atoms with Gasteiger partial charge in [-0.1, -0.05) is 19.1 Å². The number of hydrogen-bond acceptors (Lipinski definition) is 5. The van der Waals surface area contributed by atoms with Crippen molar-refractivity contribution in [3.63, 3.8) is 0 Å². The molecule has 1 aromatic carbocycles. The Kier molecular flexibility index (Phi) is 4.02. The van der Waals surface area contributed by atoms with Crippen molar-refractivity contribution in [1.29, 1.82) is 0 Å². The summed E-state index contributed by atoms with van der Waals surface area (Å²) in [7, 11) is -3.23. The number of sulfone groups is 1. The minimum absolute atomic E-state index is 0.0377. The summed E-state index contributed by atoms with van der Waals surface area (Å²) in [4.78, 5) is 11.2. The van der Waals surface area contributed by atoms with Crippen molar-refractivity contribution in [2.45, 2.75) is 17.9 Å². The van der Waals surface area contributed by atoms with Crippen LogP contribution in [0.4, 0.5) is 4.79 Å². The second-order valence-electron chi connectivity index (χ2n) is 3.96. The zero-order chi connectivity index (χ0) is 14.0. The van der Waals surface area contributed by atoms with Gasteiger partial charge in [0, 0.05) is 0 Å². The zero-order valence-corrected chi connectivity index (χ0v) is 11.8. The van der Waals surface area contributed by atoms with Gasteiger partial charge in [0.25, 0.3) is 0 Å². The molecule has 0 bridgehead atoms. The van der Waals surface area contributed by atoms with Gasteiger partial charge in [-0.05, 0) is 17.7 Å². The molecule has 8 heteroatoms. The Morgan fingerprint density at radius 1 is 1.47 bits per heavy atom. The molecular formula is C11H13NO5S2. The molecule has 1 atom stereocenters. The van der Waals surface area contributed by atoms with Crippen LogP contribution in [0, 0.1) is 0 Å². The number of nitrogens with zero attached hydrogens (tertiary/aromatic N) is 1. The van der Waals surface area contributed by atoms with Crippen LogP contribution in [0.1, 0.15) is 18.5 Å². The monoisotopic (exact) mass is 303 g/mol. The Balaban J connectivity index is 2.26. The maximum atomic E-state index is 11.7. The molecule has 1 aliphatic heterocycles. The van der Waals surface area contributed by atoms with E-state index in [0.29, 0.717) is 5.56 Å². The highest BCUT2D eigenvalue weighted by molar-refractivity contribution is 7.93. The maximum absolute atomic E-state index is 11.7. The lowest BCUT2D eigenvalue weighted by Crippen LogP contribution is -2.24. The number of carbonyl (C=O) groups is 1. The van der Waals surface area contributed by atoms with Crippen LogP contribution in [-0.4, -0.2) is 36.3 Å². The van der Waals surface area contributed by atoms with Gasteiger partial charge < -0.3 is 5.11 Å². The molecule has 0 unspecified atom stereocenters. The summed E-state index contributed by atoms with van der Waals surface area (Å²) in [5.74, 6) is 0.0377. The summed E-state index contributed by atoms with van der Waals surface area (Å²) >= 11 is 0.783. The van der Waals surface area contributed by atoms with Crippen molar-refractivity contribution in [2.75, 3.05) is 12.4 Å². The third-order valence-corrected chi connectivity index (χ3v) is 5.40. The van der Waals surface area contributed by atoms with Crippen molar-refractivity contribution in [3.05, 3.63) is 29.8 Å². The molecule has 1 N–H and O–H groups in total. The van der Waals surface area contributed by atoms with Gasteiger partial charge >= 0.3 is 6.09 Å². The van der Waals surface area contributed by atoms with E-state index in [-0.39, 0.29) is 17.3 Å². The van der Waals surface area contributed by atoms with Gasteiger partial charge in [0.05, 0.1) is 23.3 Å². The van der Waals surface area contributed by atoms with Crippen molar-refractivity contribution < 1.29 is 22.5 Å². The summed E-state index contributed by atoms with van der Waals surface area (Å²) in [6, 6.07) is 5.83. The molecule has 1 amide bonds. The smallest absolute Gasteiger partial charge is 0.419 e. The van der Waals surface area contributed by atoms with Gasteiger partial charge in [0.2, 0.25) is 0 Å². The molecule has 1 fully saturated rings. The lowest BCUT2D eigenvalue weighted by molar-refractivity contribution is 0.166. The quantitative estimate of drug-likeness (QED) is 0.680. The molecule has 1 saturated heterocycles. The Morgan fingerprint density at radius 3 is 2.63 bits per heavy atom. The first-order chi connectivity index (χ1) is 8.95. The van der Waals surface area contributed by atoms with Crippen LogP contribution in [0.25, 0.3) is 0 Å². The number of hydrogen-bond donors (Lipinski definition) is 1. The van der Waals surface area contributed by atoms with E-state index in [9.17, 15) is 13.2 Å². The van der Waals surface area contributed by atoms with E-state index < -0.39 is 22.0 Å². The predicted molar refractivity (Wildman–Crippen MR) is 70.3 cm³/mol. The fourth-order valence-corrected chi connectivity index (χ4v) is 3.27. The Hall–Kier alpha value is -1.25. The van der Waals surface area contributed by atoms with Crippen LogP contribution in [0.3, 0.4) is 0 Å². The molecule has 0 saturated carbocycles. The molecule has 104 valence electrons. The van der Waals surface area contributed by atoms with Crippen molar-refractivity contribution >= 4 is 28.2 Å². The highest BCUT2D eigenvalue weighted by atomic mass is 32.2. The first kappa shape index (κ1) is 14.2. The maximum Gasteiger partial charge on any atom is 0.419 e. The molecule has 0 aliphatic carbocycles. The van der Waals surface area contributed by atoms with E-state index in [2.05, 4.69) is 0 Å². The van der Waals surface area contributed by atoms with Crippen LogP contribution in [0.15, 0.2) is 29.2 Å². The van der Waals surface area contributed by atoms with Gasteiger partial charge in [0.15, 0.2) is 9.84 Å². The fourth-order valence-electron chi connectivity index (χ4n) is 1.73. The average Bonchev–Trinajstić information content (AvgIpc) is 2.88. The Labute approximate surface area is 115 Å². The third kappa shape index (κ3) is 2.85. The van der Waals surface area contributed by atoms with Crippen LogP contribution < -0.4 is 0 Å². The highest BCUT2D eigenvalue weighted by Gasteiger charge is 2.32. The standard InChI is InChI=1S/C11H13NO5S2/c1-2-19(15,16)9-5-3-8(4-6-9)10-7-17-18-12(10)11(13)14/h3-6,10H,2,7H2,1H3,(H,13,14)/t10-/m0/s1. The molecule has 1 aromatic rings. The summed E-state index contributed by atoms with van der Waals surface area (Å²) in [5.41, 5.74) is 0.711. The molecule has 2 rings (SSSR count). The van der Waals surface area contributed by atoms with Gasteiger partial charge in [-0.15, -0.1) is 0 Å². The summed E-state index contributed by atoms with van der Waals surface area (Å²) in [6.45, 7) is 1.83. The van der Waals surface area contributed by atoms with Gasteiger partial charge in [-0.2, -0.15) is 0 Å². The molecule has 6 nitrogen and oxygen atoms in total. The minimum Gasteiger partial charge on any atom is -0.464 e. The Morgan fingerprint density at radius 2 is 2.11 bits per heavy atom. The first-order valence-electron chi connectivity index (χ1n) is 5.60. The largest absolute Gasteiger partial charge is 0.464 e. The van der Waals surface area contributed by atoms with Crippen LogP contribution in [0.2, 0.25) is 0 Å². The predicted octanol–water partition coefficient (Wildman–Crippen LogP) is 2.09. The second kappa shape index (κ2) is 5.40. The normalized spacial score (nSPS) is 19.6. The first-order valence-corrected chi connectivity index (χ1v) is 7.95. The molecule has 1 aliphatic rings. The van der Waals surface area contributed by atoms with Gasteiger partial charge in [0.1, 0.15) is 12.2 Å².